The van der Waals surface area contributed by atoms with E-state index in [1.807, 2.05) is 25.1 Å². The smallest absolute Gasteiger partial charge is 0.338 e. The minimum absolute atomic E-state index is 0.254. The molecule has 1 amide bonds. The number of rotatable bonds is 6. The van der Waals surface area contributed by atoms with Gasteiger partial charge < -0.3 is 19.4 Å². The second-order valence-corrected chi connectivity index (χ2v) is 5.29. The second kappa shape index (κ2) is 7.49. The SMILES string of the molecule is C[C@@H](OC(=O)c1cccc(N(C)C)c1)C(=O)NCc1ccco1. The molecule has 0 fully saturated rings. The summed E-state index contributed by atoms with van der Waals surface area (Å²) in [7, 11) is 3.77. The lowest BCUT2D eigenvalue weighted by Gasteiger charge is -2.15. The number of furan rings is 1. The van der Waals surface area contributed by atoms with Gasteiger partial charge in [-0.15, -0.1) is 0 Å². The molecule has 1 aromatic heterocycles. The number of amides is 1. The summed E-state index contributed by atoms with van der Waals surface area (Å²) < 4.78 is 10.3. The molecule has 6 heteroatoms. The highest BCUT2D eigenvalue weighted by Crippen LogP contribution is 2.14. The topological polar surface area (TPSA) is 71.8 Å². The molecule has 6 nitrogen and oxygen atoms in total. The van der Waals surface area contributed by atoms with Crippen molar-refractivity contribution in [1.82, 2.24) is 5.32 Å². The quantitative estimate of drug-likeness (QED) is 0.827. The Bertz CT molecular complexity index is 665. The number of carbonyl (C=O) groups excluding carboxylic acids is 2. The van der Waals surface area contributed by atoms with Gasteiger partial charge in [0.2, 0.25) is 0 Å². The summed E-state index contributed by atoms with van der Waals surface area (Å²) in [5, 5.41) is 2.65. The van der Waals surface area contributed by atoms with E-state index in [0.29, 0.717) is 11.3 Å². The maximum absolute atomic E-state index is 12.1. The van der Waals surface area contributed by atoms with Crippen LogP contribution in [0.25, 0.3) is 0 Å². The van der Waals surface area contributed by atoms with Gasteiger partial charge in [0, 0.05) is 19.8 Å². The standard InChI is InChI=1S/C17H20N2O4/c1-12(16(20)18-11-15-8-5-9-22-15)23-17(21)13-6-4-7-14(10-13)19(2)3/h4-10,12H,11H2,1-3H3,(H,18,20)/t12-/m1/s1. The molecule has 23 heavy (non-hydrogen) atoms. The van der Waals surface area contributed by atoms with Crippen LogP contribution in [0.4, 0.5) is 5.69 Å². The van der Waals surface area contributed by atoms with E-state index in [2.05, 4.69) is 5.32 Å². The highest BCUT2D eigenvalue weighted by molar-refractivity contribution is 5.93. The molecule has 0 aliphatic rings. The van der Waals surface area contributed by atoms with Crippen LogP contribution in [0.5, 0.6) is 0 Å². The number of ether oxygens (including phenoxy) is 1. The van der Waals surface area contributed by atoms with E-state index in [1.165, 1.54) is 13.2 Å². The Balaban J connectivity index is 1.91. The Labute approximate surface area is 135 Å². The Morgan fingerprint density at radius 2 is 2.04 bits per heavy atom. The van der Waals surface area contributed by atoms with Crippen molar-refractivity contribution in [3.63, 3.8) is 0 Å². The van der Waals surface area contributed by atoms with Crippen LogP contribution in [0.1, 0.15) is 23.0 Å². The third-order valence-corrected chi connectivity index (χ3v) is 3.27. The lowest BCUT2D eigenvalue weighted by molar-refractivity contribution is -0.129. The first kappa shape index (κ1) is 16.6. The van der Waals surface area contributed by atoms with E-state index < -0.39 is 12.1 Å². The molecule has 0 aliphatic carbocycles. The Morgan fingerprint density at radius 3 is 2.70 bits per heavy atom. The second-order valence-electron chi connectivity index (χ2n) is 5.29. The number of esters is 1. The van der Waals surface area contributed by atoms with Gasteiger partial charge in [-0.3, -0.25) is 4.79 Å². The summed E-state index contributed by atoms with van der Waals surface area (Å²) in [4.78, 5) is 26.0. The molecule has 0 spiro atoms. The van der Waals surface area contributed by atoms with Crippen LogP contribution >= 0.6 is 0 Å². The lowest BCUT2D eigenvalue weighted by Crippen LogP contribution is -2.35. The van der Waals surface area contributed by atoms with Crippen molar-refractivity contribution >= 4 is 17.6 Å². The third-order valence-electron chi connectivity index (χ3n) is 3.27. The van der Waals surface area contributed by atoms with Crippen molar-refractivity contribution in [2.24, 2.45) is 0 Å². The summed E-state index contributed by atoms with van der Waals surface area (Å²) in [6.07, 6.45) is 0.642. The molecular formula is C17H20N2O4. The molecule has 1 N–H and O–H groups in total. The van der Waals surface area contributed by atoms with Gasteiger partial charge in [-0.2, -0.15) is 0 Å². The maximum Gasteiger partial charge on any atom is 0.338 e. The fourth-order valence-electron chi connectivity index (χ4n) is 1.92. The van der Waals surface area contributed by atoms with Gasteiger partial charge >= 0.3 is 5.97 Å². The molecule has 0 saturated carbocycles. The first-order chi connectivity index (χ1) is 11.0. The largest absolute Gasteiger partial charge is 0.467 e. The number of hydrogen-bond acceptors (Lipinski definition) is 5. The molecule has 0 radical (unpaired) electrons. The molecule has 0 aliphatic heterocycles. The molecule has 0 bridgehead atoms. The molecule has 1 atom stereocenters. The van der Waals surface area contributed by atoms with E-state index in [4.69, 9.17) is 9.15 Å². The van der Waals surface area contributed by atoms with Crippen molar-refractivity contribution in [1.29, 1.82) is 0 Å². The monoisotopic (exact) mass is 316 g/mol. The van der Waals surface area contributed by atoms with E-state index in [1.54, 1.807) is 30.3 Å². The molecule has 122 valence electrons. The van der Waals surface area contributed by atoms with Gasteiger partial charge in [-0.1, -0.05) is 6.07 Å². The molecule has 0 saturated heterocycles. The van der Waals surface area contributed by atoms with Gasteiger partial charge in [0.25, 0.3) is 5.91 Å². The van der Waals surface area contributed by atoms with Gasteiger partial charge in [0.05, 0.1) is 18.4 Å². The zero-order chi connectivity index (χ0) is 16.8. The van der Waals surface area contributed by atoms with Gasteiger partial charge in [-0.25, -0.2) is 4.79 Å². The molecule has 2 rings (SSSR count). The van der Waals surface area contributed by atoms with Crippen molar-refractivity contribution < 1.29 is 18.7 Å². The number of carbonyl (C=O) groups is 2. The predicted octanol–water partition coefficient (Wildman–Crippen LogP) is 2.21. The lowest BCUT2D eigenvalue weighted by atomic mass is 10.2. The number of anilines is 1. The van der Waals surface area contributed by atoms with Crippen LogP contribution in [0, 0.1) is 0 Å². The fourth-order valence-corrected chi connectivity index (χ4v) is 1.92. The Kier molecular flexibility index (Phi) is 5.41. The highest BCUT2D eigenvalue weighted by atomic mass is 16.5. The van der Waals surface area contributed by atoms with E-state index >= 15 is 0 Å². The summed E-state index contributed by atoms with van der Waals surface area (Å²) in [5.41, 5.74) is 1.29. The van der Waals surface area contributed by atoms with Crippen molar-refractivity contribution in [2.75, 3.05) is 19.0 Å². The zero-order valence-electron chi connectivity index (χ0n) is 13.4. The summed E-state index contributed by atoms with van der Waals surface area (Å²) >= 11 is 0. The third kappa shape index (κ3) is 4.60. The van der Waals surface area contributed by atoms with E-state index in [0.717, 1.165) is 5.69 Å². The van der Waals surface area contributed by atoms with Gasteiger partial charge in [0.15, 0.2) is 6.10 Å². The van der Waals surface area contributed by atoms with Crippen LogP contribution < -0.4 is 10.2 Å². The van der Waals surface area contributed by atoms with E-state index in [-0.39, 0.29) is 12.5 Å². The molecule has 2 aromatic rings. The number of benzene rings is 1. The summed E-state index contributed by atoms with van der Waals surface area (Å²) in [5.74, 6) is -0.275. The molecular weight excluding hydrogens is 296 g/mol. The predicted molar refractivity (Wildman–Crippen MR) is 86.2 cm³/mol. The van der Waals surface area contributed by atoms with Crippen LogP contribution in [0.2, 0.25) is 0 Å². The summed E-state index contributed by atoms with van der Waals surface area (Å²) in [6, 6.07) is 10.5. The Hall–Kier alpha value is -2.76. The van der Waals surface area contributed by atoms with Crippen molar-refractivity contribution in [3.8, 4) is 0 Å². The first-order valence-electron chi connectivity index (χ1n) is 7.26. The average molecular weight is 316 g/mol. The molecule has 0 unspecified atom stereocenters. The van der Waals surface area contributed by atoms with Crippen LogP contribution in [-0.4, -0.2) is 32.1 Å². The minimum Gasteiger partial charge on any atom is -0.467 e. The van der Waals surface area contributed by atoms with Gasteiger partial charge in [0.1, 0.15) is 5.76 Å². The molecule has 1 aromatic carbocycles. The van der Waals surface area contributed by atoms with Crippen LogP contribution in [-0.2, 0) is 16.1 Å². The normalized spacial score (nSPS) is 11.6. The summed E-state index contributed by atoms with van der Waals surface area (Å²) in [6.45, 7) is 1.79. The van der Waals surface area contributed by atoms with Crippen LogP contribution in [0.15, 0.2) is 47.1 Å². The van der Waals surface area contributed by atoms with Crippen molar-refractivity contribution in [2.45, 2.75) is 19.6 Å². The van der Waals surface area contributed by atoms with E-state index in [9.17, 15) is 9.59 Å². The molecule has 1 heterocycles. The number of hydrogen-bond donors (Lipinski definition) is 1. The maximum atomic E-state index is 12.1. The fraction of sp³-hybridized carbons (Fsp3) is 0.294. The van der Waals surface area contributed by atoms with Crippen molar-refractivity contribution in [3.05, 3.63) is 54.0 Å². The highest BCUT2D eigenvalue weighted by Gasteiger charge is 2.19. The zero-order valence-corrected chi connectivity index (χ0v) is 13.4. The Morgan fingerprint density at radius 1 is 1.26 bits per heavy atom. The number of nitrogens with zero attached hydrogens (tertiary/aromatic N) is 1. The van der Waals surface area contributed by atoms with Crippen LogP contribution in [0.3, 0.4) is 0 Å². The minimum atomic E-state index is -0.888. The number of nitrogens with one attached hydrogen (secondary N) is 1. The first-order valence-corrected chi connectivity index (χ1v) is 7.26. The van der Waals surface area contributed by atoms with Gasteiger partial charge in [-0.05, 0) is 37.3 Å². The average Bonchev–Trinajstić information content (AvgIpc) is 3.06.